The lowest BCUT2D eigenvalue weighted by Gasteiger charge is -2.08. The number of rotatable bonds is 3. The van der Waals surface area contributed by atoms with Crippen LogP contribution in [0.15, 0.2) is 18.7 Å². The van der Waals surface area contributed by atoms with Crippen molar-refractivity contribution in [2.75, 3.05) is 12.3 Å². The first-order chi connectivity index (χ1) is 7.72. The van der Waals surface area contributed by atoms with E-state index in [4.69, 9.17) is 10.5 Å². The van der Waals surface area contributed by atoms with Crippen LogP contribution >= 0.6 is 0 Å². The molecule has 0 saturated heterocycles. The maximum absolute atomic E-state index is 5.90. The van der Waals surface area contributed by atoms with Gasteiger partial charge in [0.15, 0.2) is 5.82 Å². The summed E-state index contributed by atoms with van der Waals surface area (Å²) < 4.78 is 6.89. The highest BCUT2D eigenvalue weighted by molar-refractivity contribution is 5.59. The summed E-state index contributed by atoms with van der Waals surface area (Å²) in [6.07, 6.45) is 4.99. The van der Waals surface area contributed by atoms with Gasteiger partial charge in [-0.05, 0) is 19.4 Å². The molecular formula is C10H13N5O. The second kappa shape index (κ2) is 4.18. The molecule has 0 aliphatic rings. The van der Waals surface area contributed by atoms with E-state index < -0.39 is 0 Å². The number of anilines is 1. The molecule has 2 aromatic rings. The number of ether oxygens (including phenoxy) is 1. The normalized spacial score (nSPS) is 10.4. The Hall–Kier alpha value is -2.11. The Kier molecular flexibility index (Phi) is 2.72. The van der Waals surface area contributed by atoms with Crippen LogP contribution in [-0.2, 0) is 0 Å². The average molecular weight is 219 g/mol. The van der Waals surface area contributed by atoms with Crippen LogP contribution in [0.1, 0.15) is 12.5 Å². The molecule has 0 aromatic carbocycles. The molecule has 0 atom stereocenters. The number of hydrogen-bond donors (Lipinski definition) is 1. The minimum atomic E-state index is 0.389. The van der Waals surface area contributed by atoms with Gasteiger partial charge in [-0.3, -0.25) is 0 Å². The molecular weight excluding hydrogens is 206 g/mol. The van der Waals surface area contributed by atoms with Gasteiger partial charge in [0, 0.05) is 6.20 Å². The molecule has 0 radical (unpaired) electrons. The summed E-state index contributed by atoms with van der Waals surface area (Å²) >= 11 is 0. The van der Waals surface area contributed by atoms with Gasteiger partial charge in [0.25, 0.3) is 0 Å². The molecule has 2 aromatic heterocycles. The van der Waals surface area contributed by atoms with Crippen molar-refractivity contribution in [3.05, 3.63) is 24.3 Å². The van der Waals surface area contributed by atoms with Gasteiger partial charge in [-0.15, -0.1) is 0 Å². The van der Waals surface area contributed by atoms with Crippen molar-refractivity contribution in [3.8, 4) is 11.7 Å². The molecule has 6 nitrogen and oxygen atoms in total. The van der Waals surface area contributed by atoms with Crippen molar-refractivity contribution < 1.29 is 4.74 Å². The van der Waals surface area contributed by atoms with E-state index in [9.17, 15) is 0 Å². The predicted molar refractivity (Wildman–Crippen MR) is 59.5 cm³/mol. The van der Waals surface area contributed by atoms with E-state index in [2.05, 4.69) is 15.1 Å². The number of hydrogen-bond acceptors (Lipinski definition) is 5. The van der Waals surface area contributed by atoms with E-state index >= 15 is 0 Å². The second-order valence-electron chi connectivity index (χ2n) is 3.31. The molecule has 0 spiro atoms. The minimum absolute atomic E-state index is 0.389. The van der Waals surface area contributed by atoms with Crippen molar-refractivity contribution in [3.63, 3.8) is 0 Å². The zero-order chi connectivity index (χ0) is 11.5. The molecule has 0 unspecified atom stereocenters. The molecule has 2 heterocycles. The monoisotopic (exact) mass is 219 g/mol. The summed E-state index contributed by atoms with van der Waals surface area (Å²) in [4.78, 5) is 8.05. The Bertz CT molecular complexity index is 494. The first-order valence-electron chi connectivity index (χ1n) is 4.97. The number of nitrogens with zero attached hydrogens (tertiary/aromatic N) is 4. The molecule has 84 valence electrons. The van der Waals surface area contributed by atoms with Gasteiger partial charge >= 0.3 is 0 Å². The number of aromatic nitrogens is 4. The standard InChI is InChI=1S/C10H13N5O/c1-3-16-10-8(11)9(12-6-13-10)15-5-7(2)4-14-15/h4-6H,3,11H2,1-2H3. The van der Waals surface area contributed by atoms with E-state index in [1.807, 2.05) is 20.0 Å². The summed E-state index contributed by atoms with van der Waals surface area (Å²) in [5, 5.41) is 4.14. The Labute approximate surface area is 93.1 Å². The van der Waals surface area contributed by atoms with Gasteiger partial charge in [-0.2, -0.15) is 10.1 Å². The molecule has 0 fully saturated rings. The van der Waals surface area contributed by atoms with Gasteiger partial charge in [-0.25, -0.2) is 9.67 Å². The average Bonchev–Trinajstić information content (AvgIpc) is 2.68. The number of nitrogens with two attached hydrogens (primary N) is 1. The summed E-state index contributed by atoms with van der Waals surface area (Å²) in [5.74, 6) is 0.923. The van der Waals surface area contributed by atoms with Gasteiger partial charge in [0.05, 0.1) is 12.8 Å². The van der Waals surface area contributed by atoms with Gasteiger partial charge in [-0.1, -0.05) is 0 Å². The van der Waals surface area contributed by atoms with Crippen LogP contribution in [0.2, 0.25) is 0 Å². The maximum Gasteiger partial charge on any atom is 0.242 e. The highest BCUT2D eigenvalue weighted by Crippen LogP contribution is 2.22. The fourth-order valence-electron chi connectivity index (χ4n) is 1.33. The number of aryl methyl sites for hydroxylation is 1. The molecule has 0 aliphatic carbocycles. The van der Waals surface area contributed by atoms with E-state index in [1.165, 1.54) is 6.33 Å². The van der Waals surface area contributed by atoms with Crippen LogP contribution in [0.25, 0.3) is 5.82 Å². The lowest BCUT2D eigenvalue weighted by molar-refractivity contribution is 0.328. The highest BCUT2D eigenvalue weighted by atomic mass is 16.5. The van der Waals surface area contributed by atoms with E-state index in [0.717, 1.165) is 5.56 Å². The summed E-state index contributed by atoms with van der Waals surface area (Å²) in [5.41, 5.74) is 7.33. The van der Waals surface area contributed by atoms with Crippen LogP contribution in [0.5, 0.6) is 5.88 Å². The molecule has 0 aliphatic heterocycles. The molecule has 2 rings (SSSR count). The van der Waals surface area contributed by atoms with Crippen molar-refractivity contribution in [2.45, 2.75) is 13.8 Å². The smallest absolute Gasteiger partial charge is 0.242 e. The van der Waals surface area contributed by atoms with Crippen molar-refractivity contribution in [1.29, 1.82) is 0 Å². The Morgan fingerprint density at radius 1 is 1.44 bits per heavy atom. The zero-order valence-corrected chi connectivity index (χ0v) is 9.21. The second-order valence-corrected chi connectivity index (χ2v) is 3.31. The third kappa shape index (κ3) is 1.81. The molecule has 0 amide bonds. The zero-order valence-electron chi connectivity index (χ0n) is 9.21. The van der Waals surface area contributed by atoms with Crippen molar-refractivity contribution >= 4 is 5.69 Å². The molecule has 0 bridgehead atoms. The van der Waals surface area contributed by atoms with E-state index in [-0.39, 0.29) is 0 Å². The summed E-state index contributed by atoms with van der Waals surface area (Å²) in [6, 6.07) is 0. The van der Waals surface area contributed by atoms with Gasteiger partial charge in [0.1, 0.15) is 12.0 Å². The van der Waals surface area contributed by atoms with E-state index in [0.29, 0.717) is 24.0 Å². The summed E-state index contributed by atoms with van der Waals surface area (Å²) in [6.45, 7) is 4.34. The molecule has 0 saturated carbocycles. The third-order valence-corrected chi connectivity index (χ3v) is 2.04. The highest BCUT2D eigenvalue weighted by Gasteiger charge is 2.10. The lowest BCUT2D eigenvalue weighted by Crippen LogP contribution is -2.07. The molecule has 6 heteroatoms. The fraction of sp³-hybridized carbons (Fsp3) is 0.300. The van der Waals surface area contributed by atoms with Crippen LogP contribution in [0.4, 0.5) is 5.69 Å². The van der Waals surface area contributed by atoms with Crippen LogP contribution < -0.4 is 10.5 Å². The SMILES string of the molecule is CCOc1ncnc(-n2cc(C)cn2)c1N. The van der Waals surface area contributed by atoms with Gasteiger partial charge < -0.3 is 10.5 Å². The lowest BCUT2D eigenvalue weighted by atomic mass is 10.4. The number of nitrogen functional groups attached to an aromatic ring is 1. The van der Waals surface area contributed by atoms with Crippen LogP contribution in [-0.4, -0.2) is 26.4 Å². The third-order valence-electron chi connectivity index (χ3n) is 2.04. The Morgan fingerprint density at radius 2 is 2.25 bits per heavy atom. The Balaban J connectivity index is 2.45. The quantitative estimate of drug-likeness (QED) is 0.831. The fourth-order valence-corrected chi connectivity index (χ4v) is 1.33. The first kappa shape index (κ1) is 10.4. The maximum atomic E-state index is 5.90. The molecule has 16 heavy (non-hydrogen) atoms. The van der Waals surface area contributed by atoms with Crippen molar-refractivity contribution in [1.82, 2.24) is 19.7 Å². The van der Waals surface area contributed by atoms with Crippen LogP contribution in [0.3, 0.4) is 0 Å². The Morgan fingerprint density at radius 3 is 2.88 bits per heavy atom. The minimum Gasteiger partial charge on any atom is -0.476 e. The van der Waals surface area contributed by atoms with Crippen molar-refractivity contribution in [2.24, 2.45) is 0 Å². The van der Waals surface area contributed by atoms with Gasteiger partial charge in [0.2, 0.25) is 5.88 Å². The topological polar surface area (TPSA) is 78.9 Å². The summed E-state index contributed by atoms with van der Waals surface area (Å²) in [7, 11) is 0. The van der Waals surface area contributed by atoms with E-state index in [1.54, 1.807) is 10.9 Å². The predicted octanol–water partition coefficient (Wildman–Crippen LogP) is 0.952. The first-order valence-corrected chi connectivity index (χ1v) is 4.97. The van der Waals surface area contributed by atoms with Crippen LogP contribution in [0, 0.1) is 6.92 Å². The molecule has 2 N–H and O–H groups in total. The largest absolute Gasteiger partial charge is 0.476 e.